The minimum absolute atomic E-state index is 0.0574. The van der Waals surface area contributed by atoms with Gasteiger partial charge in [0.15, 0.2) is 5.65 Å². The maximum atomic E-state index is 12.7. The Kier molecular flexibility index (Phi) is 3.05. The molecule has 0 spiro atoms. The zero-order valence-electron chi connectivity index (χ0n) is 11.9. The Balaban J connectivity index is 2.16. The van der Waals surface area contributed by atoms with Crippen LogP contribution in [0.15, 0.2) is 10.9 Å². The number of amides is 1. The van der Waals surface area contributed by atoms with Gasteiger partial charge in [-0.25, -0.2) is 9.50 Å². The minimum Gasteiger partial charge on any atom is -0.330 e. The molecule has 1 atom stereocenters. The molecule has 2 aromatic rings. The van der Waals surface area contributed by atoms with Crippen LogP contribution in [0, 0.1) is 0 Å². The lowest BCUT2D eigenvalue weighted by Gasteiger charge is -2.22. The molecular formula is C13H13F3N4O2. The van der Waals surface area contributed by atoms with Crippen molar-refractivity contribution in [3.8, 4) is 0 Å². The van der Waals surface area contributed by atoms with E-state index in [0.29, 0.717) is 6.42 Å². The first-order valence-electron chi connectivity index (χ1n) is 6.76. The van der Waals surface area contributed by atoms with Crippen LogP contribution in [0.25, 0.3) is 5.65 Å². The molecule has 0 aromatic carbocycles. The Hall–Kier alpha value is -2.32. The van der Waals surface area contributed by atoms with E-state index >= 15 is 0 Å². The van der Waals surface area contributed by atoms with E-state index in [4.69, 9.17) is 0 Å². The number of fused-ring (bicyclic) bond motifs is 2. The molecule has 2 aromatic heterocycles. The highest BCUT2D eigenvalue weighted by molar-refractivity contribution is 5.97. The first-order chi connectivity index (χ1) is 10.2. The zero-order valence-corrected chi connectivity index (χ0v) is 11.9. The average molecular weight is 314 g/mol. The Morgan fingerprint density at radius 2 is 2.09 bits per heavy atom. The largest absolute Gasteiger partial charge is 0.432 e. The molecule has 0 saturated heterocycles. The van der Waals surface area contributed by atoms with Crippen molar-refractivity contribution in [1.82, 2.24) is 19.5 Å². The predicted molar refractivity (Wildman–Crippen MR) is 70.4 cm³/mol. The summed E-state index contributed by atoms with van der Waals surface area (Å²) in [5.74, 6) is -0.418. The van der Waals surface area contributed by atoms with E-state index in [0.717, 1.165) is 10.6 Å². The van der Waals surface area contributed by atoms with Gasteiger partial charge in [0.2, 0.25) is 0 Å². The van der Waals surface area contributed by atoms with Gasteiger partial charge in [0.1, 0.15) is 11.4 Å². The molecular weight excluding hydrogens is 301 g/mol. The summed E-state index contributed by atoms with van der Waals surface area (Å²) in [6.07, 6.45) is -3.91. The number of H-pyrrole nitrogens is 1. The van der Waals surface area contributed by atoms with Gasteiger partial charge in [-0.15, -0.1) is 0 Å². The molecule has 3 heterocycles. The molecule has 0 radical (unpaired) electrons. The number of nitrogens with one attached hydrogen (secondary N) is 1. The van der Waals surface area contributed by atoms with E-state index in [1.807, 2.05) is 18.9 Å². The fourth-order valence-corrected chi connectivity index (χ4v) is 2.48. The zero-order chi connectivity index (χ0) is 16.2. The molecule has 9 heteroatoms. The topological polar surface area (TPSA) is 70.5 Å². The molecule has 0 bridgehead atoms. The van der Waals surface area contributed by atoms with E-state index in [9.17, 15) is 22.8 Å². The van der Waals surface area contributed by atoms with Crippen molar-refractivity contribution in [2.45, 2.75) is 39.0 Å². The lowest BCUT2D eigenvalue weighted by Crippen LogP contribution is -2.33. The maximum Gasteiger partial charge on any atom is 0.432 e. The van der Waals surface area contributed by atoms with Crippen molar-refractivity contribution < 1.29 is 18.0 Å². The summed E-state index contributed by atoms with van der Waals surface area (Å²) in [5, 5.41) is 1.99. The van der Waals surface area contributed by atoms with Gasteiger partial charge >= 0.3 is 6.18 Å². The number of aromatic amines is 1. The summed E-state index contributed by atoms with van der Waals surface area (Å²) in [5.41, 5.74) is -1.89. The van der Waals surface area contributed by atoms with Gasteiger partial charge in [0.05, 0.1) is 12.1 Å². The van der Waals surface area contributed by atoms with Crippen molar-refractivity contribution in [1.29, 1.82) is 0 Å². The van der Waals surface area contributed by atoms with Crippen LogP contribution >= 0.6 is 0 Å². The number of halogens is 3. The molecule has 22 heavy (non-hydrogen) atoms. The fourth-order valence-electron chi connectivity index (χ4n) is 2.48. The molecule has 0 saturated carbocycles. The number of hydrogen-bond acceptors (Lipinski definition) is 3. The summed E-state index contributed by atoms with van der Waals surface area (Å²) in [6, 6.07) is 0.649. The number of hydrogen-bond donors (Lipinski definition) is 1. The number of carbonyl (C=O) groups is 1. The van der Waals surface area contributed by atoms with Gasteiger partial charge in [-0.05, 0) is 13.3 Å². The summed E-state index contributed by atoms with van der Waals surface area (Å²) in [4.78, 5) is 30.0. The monoisotopic (exact) mass is 314 g/mol. The number of alkyl halides is 3. The SMILES string of the molecule is CC[C@@H](C)N1Cc2c(nc3cc(C(F)(F)F)[nH]n3c2=O)C1=O. The third kappa shape index (κ3) is 1.99. The molecule has 0 fully saturated rings. The van der Waals surface area contributed by atoms with Crippen molar-refractivity contribution in [2.75, 3.05) is 0 Å². The molecule has 0 unspecified atom stereocenters. The van der Waals surface area contributed by atoms with Crippen molar-refractivity contribution in [3.63, 3.8) is 0 Å². The van der Waals surface area contributed by atoms with Crippen molar-refractivity contribution in [2.24, 2.45) is 0 Å². The fraction of sp³-hybridized carbons (Fsp3) is 0.462. The summed E-state index contributed by atoms with van der Waals surface area (Å²) >= 11 is 0. The summed E-state index contributed by atoms with van der Waals surface area (Å²) in [6.45, 7) is 3.81. The molecule has 0 aliphatic carbocycles. The molecule has 1 amide bonds. The smallest absolute Gasteiger partial charge is 0.330 e. The average Bonchev–Trinajstić information content (AvgIpc) is 3.01. The second-order valence-corrected chi connectivity index (χ2v) is 5.30. The van der Waals surface area contributed by atoms with Gasteiger partial charge in [0.25, 0.3) is 11.5 Å². The summed E-state index contributed by atoms with van der Waals surface area (Å²) in [7, 11) is 0. The number of aromatic nitrogens is 3. The van der Waals surface area contributed by atoms with Gasteiger partial charge in [-0.2, -0.15) is 13.2 Å². The lowest BCUT2D eigenvalue weighted by molar-refractivity contribution is -0.141. The number of rotatable bonds is 2. The third-order valence-corrected chi connectivity index (χ3v) is 3.93. The Labute approximate surface area is 122 Å². The Bertz CT molecular complexity index is 821. The van der Waals surface area contributed by atoms with E-state index in [-0.39, 0.29) is 29.5 Å². The van der Waals surface area contributed by atoms with Crippen LogP contribution in [0.5, 0.6) is 0 Å². The standard InChI is InChI=1S/C13H13F3N4O2/c1-3-6(2)19-5-7-10(12(19)22)17-9-4-8(13(14,15)16)18-20(9)11(7)21/h4,6,18H,3,5H2,1-2H3/t6-/m1/s1. The van der Waals surface area contributed by atoms with Crippen LogP contribution in [-0.4, -0.2) is 31.4 Å². The van der Waals surface area contributed by atoms with Crippen molar-refractivity contribution in [3.05, 3.63) is 33.4 Å². The van der Waals surface area contributed by atoms with Crippen LogP contribution in [0.3, 0.4) is 0 Å². The Morgan fingerprint density at radius 3 is 2.68 bits per heavy atom. The Morgan fingerprint density at radius 1 is 1.41 bits per heavy atom. The highest BCUT2D eigenvalue weighted by Gasteiger charge is 2.37. The van der Waals surface area contributed by atoms with Gasteiger partial charge in [-0.3, -0.25) is 14.7 Å². The van der Waals surface area contributed by atoms with E-state index in [2.05, 4.69) is 4.98 Å². The van der Waals surface area contributed by atoms with Gasteiger partial charge < -0.3 is 4.90 Å². The molecule has 1 N–H and O–H groups in total. The van der Waals surface area contributed by atoms with Crippen LogP contribution in [0.1, 0.15) is 42.0 Å². The highest BCUT2D eigenvalue weighted by atomic mass is 19.4. The molecule has 3 rings (SSSR count). The first-order valence-corrected chi connectivity index (χ1v) is 6.76. The van der Waals surface area contributed by atoms with E-state index in [1.165, 1.54) is 4.90 Å². The molecule has 118 valence electrons. The van der Waals surface area contributed by atoms with Crippen LogP contribution in [-0.2, 0) is 12.7 Å². The third-order valence-electron chi connectivity index (χ3n) is 3.93. The van der Waals surface area contributed by atoms with E-state index in [1.54, 1.807) is 0 Å². The van der Waals surface area contributed by atoms with E-state index < -0.39 is 23.3 Å². The maximum absolute atomic E-state index is 12.7. The van der Waals surface area contributed by atoms with Crippen LogP contribution in [0.2, 0.25) is 0 Å². The normalized spacial score (nSPS) is 16.4. The number of nitrogens with zero attached hydrogens (tertiary/aromatic N) is 3. The predicted octanol–water partition coefficient (Wildman–Crippen LogP) is 1.80. The van der Waals surface area contributed by atoms with Gasteiger partial charge in [-0.1, -0.05) is 6.92 Å². The molecule has 1 aliphatic rings. The second kappa shape index (κ2) is 4.59. The molecule has 1 aliphatic heterocycles. The summed E-state index contributed by atoms with van der Waals surface area (Å²) < 4.78 is 38.8. The van der Waals surface area contributed by atoms with Gasteiger partial charge in [0, 0.05) is 12.1 Å². The first kappa shape index (κ1) is 14.6. The van der Waals surface area contributed by atoms with Crippen LogP contribution < -0.4 is 5.56 Å². The molecule has 6 nitrogen and oxygen atoms in total. The number of carbonyl (C=O) groups excluding carboxylic acids is 1. The minimum atomic E-state index is -4.61. The lowest BCUT2D eigenvalue weighted by atomic mass is 10.2. The second-order valence-electron chi connectivity index (χ2n) is 5.30. The quantitative estimate of drug-likeness (QED) is 0.919. The van der Waals surface area contributed by atoms with Crippen molar-refractivity contribution >= 4 is 11.6 Å². The van der Waals surface area contributed by atoms with Crippen LogP contribution in [0.4, 0.5) is 13.2 Å². The highest BCUT2D eigenvalue weighted by Crippen LogP contribution is 2.29.